The second-order valence-corrected chi connectivity index (χ2v) is 5.22. The van der Waals surface area contributed by atoms with Gasteiger partial charge in [0, 0.05) is 17.2 Å². The van der Waals surface area contributed by atoms with Gasteiger partial charge in [0.2, 0.25) is 5.95 Å². The molecule has 0 unspecified atom stereocenters. The normalized spacial score (nSPS) is 10.4. The fraction of sp³-hybridized carbons (Fsp3) is 0.154. The second kappa shape index (κ2) is 5.59. The van der Waals surface area contributed by atoms with Gasteiger partial charge in [-0.25, -0.2) is 4.98 Å². The van der Waals surface area contributed by atoms with Crippen molar-refractivity contribution in [1.82, 2.24) is 9.55 Å². The van der Waals surface area contributed by atoms with E-state index in [1.54, 1.807) is 0 Å². The number of nitrogens with one attached hydrogen (secondary N) is 1. The van der Waals surface area contributed by atoms with Crippen molar-refractivity contribution in [3.05, 3.63) is 52.2 Å². The van der Waals surface area contributed by atoms with Crippen molar-refractivity contribution >= 4 is 39.2 Å². The van der Waals surface area contributed by atoms with E-state index in [1.165, 1.54) is 0 Å². The third-order valence-corrected chi connectivity index (χ3v) is 3.21. The standard InChI is InChI=1S/C13H13BrClN3/c1-3-6-18-8-9(2)16-13(18)17-12-5-4-10(14)7-11(12)15/h3-5,7-8H,1,6H2,2H3,(H,16,17). The van der Waals surface area contributed by atoms with Crippen molar-refractivity contribution < 1.29 is 0 Å². The molecule has 2 rings (SSSR count). The maximum Gasteiger partial charge on any atom is 0.207 e. The molecule has 0 saturated heterocycles. The Hall–Kier alpha value is -1.26. The van der Waals surface area contributed by atoms with Crippen molar-refractivity contribution in [2.75, 3.05) is 5.32 Å². The van der Waals surface area contributed by atoms with E-state index in [0.717, 1.165) is 21.8 Å². The summed E-state index contributed by atoms with van der Waals surface area (Å²) in [5, 5.41) is 3.87. The van der Waals surface area contributed by atoms with Crippen LogP contribution < -0.4 is 5.32 Å². The number of anilines is 2. The molecule has 0 amide bonds. The number of aryl methyl sites for hydroxylation is 1. The Labute approximate surface area is 120 Å². The van der Waals surface area contributed by atoms with E-state index >= 15 is 0 Å². The number of hydrogen-bond donors (Lipinski definition) is 1. The number of imidazole rings is 1. The molecule has 5 heteroatoms. The van der Waals surface area contributed by atoms with Crippen LogP contribution in [0.25, 0.3) is 0 Å². The fourth-order valence-electron chi connectivity index (χ4n) is 1.64. The molecule has 0 aliphatic rings. The van der Waals surface area contributed by atoms with Crippen LogP contribution in [0.15, 0.2) is 41.5 Å². The van der Waals surface area contributed by atoms with E-state index in [1.807, 2.05) is 42.0 Å². The first-order valence-corrected chi connectivity index (χ1v) is 6.64. The van der Waals surface area contributed by atoms with Gasteiger partial charge in [-0.15, -0.1) is 6.58 Å². The molecule has 94 valence electrons. The molecule has 1 heterocycles. The monoisotopic (exact) mass is 325 g/mol. The molecule has 0 radical (unpaired) electrons. The maximum atomic E-state index is 6.17. The zero-order valence-electron chi connectivity index (χ0n) is 9.95. The van der Waals surface area contributed by atoms with E-state index in [4.69, 9.17) is 11.6 Å². The number of halogens is 2. The van der Waals surface area contributed by atoms with E-state index in [2.05, 4.69) is 32.8 Å². The Kier molecular flexibility index (Phi) is 4.09. The molecule has 0 bridgehead atoms. The summed E-state index contributed by atoms with van der Waals surface area (Å²) in [4.78, 5) is 4.42. The van der Waals surface area contributed by atoms with Crippen LogP contribution in [0.4, 0.5) is 11.6 Å². The first kappa shape index (κ1) is 13.2. The van der Waals surface area contributed by atoms with Crippen LogP contribution in [0, 0.1) is 6.92 Å². The molecule has 0 fully saturated rings. The lowest BCUT2D eigenvalue weighted by Gasteiger charge is -2.09. The van der Waals surface area contributed by atoms with E-state index in [0.29, 0.717) is 11.6 Å². The third-order valence-electron chi connectivity index (χ3n) is 2.40. The van der Waals surface area contributed by atoms with Gasteiger partial charge in [0.15, 0.2) is 0 Å². The molecular weight excluding hydrogens is 314 g/mol. The Balaban J connectivity index is 2.30. The Morgan fingerprint density at radius 2 is 2.33 bits per heavy atom. The molecule has 1 aromatic heterocycles. The molecule has 2 aromatic rings. The summed E-state index contributed by atoms with van der Waals surface area (Å²) < 4.78 is 2.93. The van der Waals surface area contributed by atoms with Crippen LogP contribution in [0.1, 0.15) is 5.69 Å². The summed E-state index contributed by atoms with van der Waals surface area (Å²) in [7, 11) is 0. The average Bonchev–Trinajstić information content (AvgIpc) is 2.64. The Morgan fingerprint density at radius 3 is 3.00 bits per heavy atom. The van der Waals surface area contributed by atoms with Crippen molar-refractivity contribution in [2.45, 2.75) is 13.5 Å². The molecule has 0 aliphatic heterocycles. The SMILES string of the molecule is C=CCn1cc(C)nc1Nc1ccc(Br)cc1Cl. The van der Waals surface area contributed by atoms with Crippen LogP contribution in [0.2, 0.25) is 5.02 Å². The molecule has 0 atom stereocenters. The molecule has 1 aromatic carbocycles. The quantitative estimate of drug-likeness (QED) is 0.836. The van der Waals surface area contributed by atoms with E-state index in [-0.39, 0.29) is 0 Å². The fourth-order valence-corrected chi connectivity index (χ4v) is 2.36. The second-order valence-electron chi connectivity index (χ2n) is 3.90. The first-order valence-electron chi connectivity index (χ1n) is 5.47. The highest BCUT2D eigenvalue weighted by Gasteiger charge is 2.07. The zero-order chi connectivity index (χ0) is 13.1. The average molecular weight is 327 g/mol. The minimum absolute atomic E-state index is 0.648. The van der Waals surface area contributed by atoms with Gasteiger partial charge in [-0.1, -0.05) is 33.6 Å². The third kappa shape index (κ3) is 2.94. The largest absolute Gasteiger partial charge is 0.324 e. The van der Waals surface area contributed by atoms with Crippen molar-refractivity contribution in [1.29, 1.82) is 0 Å². The summed E-state index contributed by atoms with van der Waals surface area (Å²) in [6.45, 7) is 6.39. The first-order chi connectivity index (χ1) is 8.60. The van der Waals surface area contributed by atoms with Gasteiger partial charge in [-0.05, 0) is 25.1 Å². The summed E-state index contributed by atoms with van der Waals surface area (Å²) in [5.74, 6) is 0.761. The molecular formula is C13H13BrClN3. The highest BCUT2D eigenvalue weighted by atomic mass is 79.9. The van der Waals surface area contributed by atoms with Gasteiger partial charge < -0.3 is 9.88 Å². The lowest BCUT2D eigenvalue weighted by atomic mass is 10.3. The number of aromatic nitrogens is 2. The van der Waals surface area contributed by atoms with Crippen LogP contribution in [-0.4, -0.2) is 9.55 Å². The Bertz CT molecular complexity index is 578. The predicted molar refractivity (Wildman–Crippen MR) is 79.6 cm³/mol. The van der Waals surface area contributed by atoms with Gasteiger partial charge in [-0.3, -0.25) is 0 Å². The molecule has 0 saturated carbocycles. The summed E-state index contributed by atoms with van der Waals surface area (Å²) in [5.41, 5.74) is 1.78. The van der Waals surface area contributed by atoms with Crippen molar-refractivity contribution in [3.8, 4) is 0 Å². The maximum absolute atomic E-state index is 6.17. The van der Waals surface area contributed by atoms with E-state index in [9.17, 15) is 0 Å². The molecule has 3 nitrogen and oxygen atoms in total. The summed E-state index contributed by atoms with van der Waals surface area (Å²) in [6.07, 6.45) is 3.80. The topological polar surface area (TPSA) is 29.9 Å². The predicted octanol–water partition coefficient (Wildman–Crippen LogP) is 4.54. The Morgan fingerprint density at radius 1 is 1.56 bits per heavy atom. The minimum Gasteiger partial charge on any atom is -0.324 e. The molecule has 0 spiro atoms. The smallest absolute Gasteiger partial charge is 0.207 e. The van der Waals surface area contributed by atoms with Crippen molar-refractivity contribution in [2.24, 2.45) is 0 Å². The van der Waals surface area contributed by atoms with Gasteiger partial charge in [0.1, 0.15) is 0 Å². The summed E-state index contributed by atoms with van der Waals surface area (Å²) in [6, 6.07) is 5.69. The van der Waals surface area contributed by atoms with Crippen LogP contribution in [0.5, 0.6) is 0 Å². The highest BCUT2D eigenvalue weighted by Crippen LogP contribution is 2.28. The molecule has 0 aliphatic carbocycles. The minimum atomic E-state index is 0.648. The van der Waals surface area contributed by atoms with Crippen molar-refractivity contribution in [3.63, 3.8) is 0 Å². The summed E-state index contributed by atoms with van der Waals surface area (Å²) >= 11 is 9.54. The van der Waals surface area contributed by atoms with Gasteiger partial charge in [-0.2, -0.15) is 0 Å². The lowest BCUT2D eigenvalue weighted by Crippen LogP contribution is -2.02. The molecule has 18 heavy (non-hydrogen) atoms. The highest BCUT2D eigenvalue weighted by molar-refractivity contribution is 9.10. The number of allylic oxidation sites excluding steroid dienone is 1. The lowest BCUT2D eigenvalue weighted by molar-refractivity contribution is 0.832. The van der Waals surface area contributed by atoms with Gasteiger partial charge in [0.25, 0.3) is 0 Å². The molecule has 1 N–H and O–H groups in total. The van der Waals surface area contributed by atoms with E-state index < -0.39 is 0 Å². The number of rotatable bonds is 4. The number of hydrogen-bond acceptors (Lipinski definition) is 2. The van der Waals surface area contributed by atoms with Crippen LogP contribution in [0.3, 0.4) is 0 Å². The van der Waals surface area contributed by atoms with Crippen LogP contribution >= 0.6 is 27.5 Å². The van der Waals surface area contributed by atoms with Gasteiger partial charge in [0.05, 0.1) is 16.4 Å². The number of benzene rings is 1. The zero-order valence-corrected chi connectivity index (χ0v) is 12.3. The van der Waals surface area contributed by atoms with Gasteiger partial charge >= 0.3 is 0 Å². The number of nitrogens with zero attached hydrogens (tertiary/aromatic N) is 2. The van der Waals surface area contributed by atoms with Crippen LogP contribution in [-0.2, 0) is 6.54 Å².